The Balaban J connectivity index is 2.03. The maximum Gasteiger partial charge on any atom is 0.321 e. The Labute approximate surface area is 128 Å². The summed E-state index contributed by atoms with van der Waals surface area (Å²) in [7, 11) is -3.32. The van der Waals surface area contributed by atoms with Crippen LogP contribution >= 0.6 is 11.8 Å². The Bertz CT molecular complexity index is 514. The largest absolute Gasteiger partial charge is 0.481 e. The van der Waals surface area contributed by atoms with Crippen molar-refractivity contribution in [1.82, 2.24) is 9.80 Å². The number of carboxylic acid groups (broad SMARTS) is 1. The summed E-state index contributed by atoms with van der Waals surface area (Å²) in [4.78, 5) is 26.4. The Hall–Kier alpha value is -0.960. The highest BCUT2D eigenvalue weighted by atomic mass is 32.2. The highest BCUT2D eigenvalue weighted by Gasteiger charge is 2.37. The summed E-state index contributed by atoms with van der Waals surface area (Å²) < 4.78 is 23.6. The van der Waals surface area contributed by atoms with Crippen LogP contribution in [0.4, 0.5) is 4.79 Å². The molecule has 0 aromatic rings. The fourth-order valence-electron chi connectivity index (χ4n) is 2.65. The zero-order valence-electron chi connectivity index (χ0n) is 11.9. The van der Waals surface area contributed by atoms with Crippen molar-refractivity contribution < 1.29 is 23.1 Å². The molecule has 0 aromatic heterocycles. The highest BCUT2D eigenvalue weighted by Crippen LogP contribution is 2.24. The van der Waals surface area contributed by atoms with Crippen LogP contribution in [0, 0.1) is 5.92 Å². The van der Waals surface area contributed by atoms with Crippen LogP contribution in [-0.2, 0) is 14.6 Å². The standard InChI is InChI=1S/C12H20N2O5S2/c1-21(18,19)10-8-20-7-6-14(10)12(17)13-4-2-9(3-5-13)11(15)16/h9-10H,2-8H2,1H3,(H,15,16). The summed E-state index contributed by atoms with van der Waals surface area (Å²) in [6.07, 6.45) is 2.00. The number of carbonyl (C=O) groups is 2. The zero-order valence-corrected chi connectivity index (χ0v) is 13.5. The van der Waals surface area contributed by atoms with Crippen LogP contribution in [-0.4, -0.2) is 78.1 Å². The van der Waals surface area contributed by atoms with Crippen molar-refractivity contribution in [2.24, 2.45) is 5.92 Å². The van der Waals surface area contributed by atoms with Gasteiger partial charge in [0.15, 0.2) is 9.84 Å². The second-order valence-corrected chi connectivity index (χ2v) is 8.79. The van der Waals surface area contributed by atoms with Gasteiger partial charge in [-0.2, -0.15) is 11.8 Å². The quantitative estimate of drug-likeness (QED) is 0.780. The summed E-state index contributed by atoms with van der Waals surface area (Å²) in [6, 6.07) is -0.283. The number of likely N-dealkylation sites (tertiary alicyclic amines) is 1. The molecule has 7 nitrogen and oxygen atoms in total. The Kier molecular flexibility index (Phi) is 5.03. The number of thioether (sulfide) groups is 1. The van der Waals surface area contributed by atoms with E-state index in [1.807, 2.05) is 0 Å². The summed E-state index contributed by atoms with van der Waals surface area (Å²) in [5, 5.41) is 8.19. The number of carboxylic acids is 1. The van der Waals surface area contributed by atoms with Crippen molar-refractivity contribution >= 4 is 33.6 Å². The van der Waals surface area contributed by atoms with Crippen LogP contribution in [0.25, 0.3) is 0 Å². The monoisotopic (exact) mass is 336 g/mol. The van der Waals surface area contributed by atoms with Crippen LogP contribution in [0.5, 0.6) is 0 Å². The first-order valence-corrected chi connectivity index (χ1v) is 9.96. The molecule has 2 fully saturated rings. The maximum absolute atomic E-state index is 12.5. The van der Waals surface area contributed by atoms with Crippen LogP contribution in [0.15, 0.2) is 0 Å². The third kappa shape index (κ3) is 3.82. The first kappa shape index (κ1) is 16.4. The van der Waals surface area contributed by atoms with Gasteiger partial charge in [-0.1, -0.05) is 0 Å². The second kappa shape index (κ2) is 6.43. The molecule has 0 saturated carbocycles. The fourth-order valence-corrected chi connectivity index (χ4v) is 5.46. The summed E-state index contributed by atoms with van der Waals surface area (Å²) >= 11 is 1.53. The maximum atomic E-state index is 12.5. The summed E-state index contributed by atoms with van der Waals surface area (Å²) in [6.45, 7) is 1.16. The molecule has 0 aliphatic carbocycles. The minimum absolute atomic E-state index is 0.283. The lowest BCUT2D eigenvalue weighted by atomic mass is 9.97. The molecule has 2 aliphatic rings. The van der Waals surface area contributed by atoms with E-state index in [-0.39, 0.29) is 6.03 Å². The van der Waals surface area contributed by atoms with Gasteiger partial charge < -0.3 is 14.9 Å². The lowest BCUT2D eigenvalue weighted by molar-refractivity contribution is -0.143. The number of hydrogen-bond donors (Lipinski definition) is 1. The number of piperidine rings is 1. The first-order chi connectivity index (χ1) is 9.80. The molecule has 120 valence electrons. The average Bonchev–Trinajstić information content (AvgIpc) is 2.45. The van der Waals surface area contributed by atoms with Gasteiger partial charge in [-0.15, -0.1) is 0 Å². The first-order valence-electron chi connectivity index (χ1n) is 6.85. The van der Waals surface area contributed by atoms with E-state index in [2.05, 4.69) is 0 Å². The van der Waals surface area contributed by atoms with E-state index in [1.165, 1.54) is 16.7 Å². The second-order valence-electron chi connectivity index (χ2n) is 5.43. The smallest absolute Gasteiger partial charge is 0.321 e. The van der Waals surface area contributed by atoms with E-state index in [4.69, 9.17) is 5.11 Å². The van der Waals surface area contributed by atoms with E-state index in [0.717, 1.165) is 12.0 Å². The number of rotatable bonds is 2. The molecule has 1 unspecified atom stereocenters. The third-order valence-electron chi connectivity index (χ3n) is 3.94. The van der Waals surface area contributed by atoms with Gasteiger partial charge in [0.1, 0.15) is 5.37 Å². The molecule has 0 radical (unpaired) electrons. The van der Waals surface area contributed by atoms with E-state index < -0.39 is 27.1 Å². The van der Waals surface area contributed by atoms with Crippen LogP contribution in [0.1, 0.15) is 12.8 Å². The molecule has 2 aliphatic heterocycles. The van der Waals surface area contributed by atoms with Crippen molar-refractivity contribution in [1.29, 1.82) is 0 Å². The van der Waals surface area contributed by atoms with Gasteiger partial charge >= 0.3 is 12.0 Å². The Morgan fingerprint density at radius 1 is 1.19 bits per heavy atom. The van der Waals surface area contributed by atoms with E-state index >= 15 is 0 Å². The molecular formula is C12H20N2O5S2. The minimum atomic E-state index is -3.32. The van der Waals surface area contributed by atoms with Crippen molar-refractivity contribution in [3.8, 4) is 0 Å². The number of aliphatic carboxylic acids is 1. The normalized spacial score (nSPS) is 24.9. The lowest BCUT2D eigenvalue weighted by Gasteiger charge is -2.39. The SMILES string of the molecule is CS(=O)(=O)C1CSCCN1C(=O)N1CCC(C(=O)O)CC1. The number of sulfone groups is 1. The van der Waals surface area contributed by atoms with Gasteiger partial charge in [-0.05, 0) is 12.8 Å². The van der Waals surface area contributed by atoms with Crippen LogP contribution < -0.4 is 0 Å². The van der Waals surface area contributed by atoms with Gasteiger partial charge in [0.05, 0.1) is 5.92 Å². The van der Waals surface area contributed by atoms with Gasteiger partial charge in [-0.3, -0.25) is 4.79 Å². The topological polar surface area (TPSA) is 95.0 Å². The van der Waals surface area contributed by atoms with E-state index in [0.29, 0.717) is 38.2 Å². The van der Waals surface area contributed by atoms with Crippen molar-refractivity contribution in [3.05, 3.63) is 0 Å². The molecular weight excluding hydrogens is 316 g/mol. The average molecular weight is 336 g/mol. The fraction of sp³-hybridized carbons (Fsp3) is 0.833. The molecule has 2 saturated heterocycles. The van der Waals surface area contributed by atoms with Crippen molar-refractivity contribution in [2.75, 3.05) is 37.4 Å². The van der Waals surface area contributed by atoms with E-state index in [9.17, 15) is 18.0 Å². The molecule has 2 heterocycles. The number of carbonyl (C=O) groups excluding carboxylic acids is 1. The molecule has 2 rings (SSSR count). The number of urea groups is 1. The third-order valence-corrected chi connectivity index (χ3v) is 6.58. The summed E-state index contributed by atoms with van der Waals surface area (Å²) in [5.41, 5.74) is 0. The molecule has 9 heteroatoms. The predicted molar refractivity (Wildman–Crippen MR) is 80.0 cm³/mol. The lowest BCUT2D eigenvalue weighted by Crippen LogP contribution is -2.56. The Morgan fingerprint density at radius 2 is 1.81 bits per heavy atom. The van der Waals surface area contributed by atoms with Crippen molar-refractivity contribution in [2.45, 2.75) is 18.2 Å². The Morgan fingerprint density at radius 3 is 2.33 bits per heavy atom. The van der Waals surface area contributed by atoms with Gasteiger partial charge in [0.25, 0.3) is 0 Å². The molecule has 21 heavy (non-hydrogen) atoms. The molecule has 0 spiro atoms. The van der Waals surface area contributed by atoms with Gasteiger partial charge in [0, 0.05) is 37.4 Å². The molecule has 1 atom stereocenters. The van der Waals surface area contributed by atoms with Crippen molar-refractivity contribution in [3.63, 3.8) is 0 Å². The zero-order chi connectivity index (χ0) is 15.6. The molecule has 1 N–H and O–H groups in total. The highest BCUT2D eigenvalue weighted by molar-refractivity contribution is 8.00. The number of hydrogen-bond acceptors (Lipinski definition) is 5. The van der Waals surface area contributed by atoms with Crippen LogP contribution in [0.3, 0.4) is 0 Å². The van der Waals surface area contributed by atoms with Crippen LogP contribution in [0.2, 0.25) is 0 Å². The van der Waals surface area contributed by atoms with E-state index in [1.54, 1.807) is 4.90 Å². The number of amides is 2. The van der Waals surface area contributed by atoms with Gasteiger partial charge in [-0.25, -0.2) is 13.2 Å². The molecule has 0 bridgehead atoms. The summed E-state index contributed by atoms with van der Waals surface area (Å²) in [5.74, 6) is -0.110. The predicted octanol–water partition coefficient (Wildman–Crippen LogP) is 0.323. The molecule has 2 amide bonds. The minimum Gasteiger partial charge on any atom is -0.481 e. The molecule has 0 aromatic carbocycles. The number of nitrogens with zero attached hydrogens (tertiary/aromatic N) is 2. The van der Waals surface area contributed by atoms with Gasteiger partial charge in [0.2, 0.25) is 0 Å².